The molecule has 1 aliphatic rings. The number of aromatic nitrogens is 4. The van der Waals surface area contributed by atoms with Crippen LogP contribution >= 0.6 is 0 Å². The number of nitrogens with one attached hydrogen (secondary N) is 1. The van der Waals surface area contributed by atoms with Crippen LogP contribution in [0.5, 0.6) is 0 Å². The lowest BCUT2D eigenvalue weighted by Crippen LogP contribution is -2.27. The molecule has 5 aromatic rings. The van der Waals surface area contributed by atoms with Crippen molar-refractivity contribution in [2.45, 2.75) is 17.7 Å². The maximum absolute atomic E-state index is 13.3. The number of nitrogens with zero attached hydrogens (tertiary/aromatic N) is 5. The van der Waals surface area contributed by atoms with Crippen molar-refractivity contribution in [2.75, 3.05) is 13.1 Å². The van der Waals surface area contributed by atoms with Gasteiger partial charge in [0.2, 0.25) is 10.0 Å². The number of benzene rings is 3. The molecule has 1 aliphatic heterocycles. The Labute approximate surface area is 230 Å². The molecule has 40 heavy (non-hydrogen) atoms. The monoisotopic (exact) mass is 548 g/mol. The molecule has 0 bridgehead atoms. The first-order chi connectivity index (χ1) is 19.4. The van der Waals surface area contributed by atoms with Crippen LogP contribution in [0.4, 0.5) is 0 Å². The minimum atomic E-state index is -3.64. The van der Waals surface area contributed by atoms with E-state index in [9.17, 15) is 18.5 Å². The van der Waals surface area contributed by atoms with Gasteiger partial charge in [-0.2, -0.15) is 14.7 Å². The van der Waals surface area contributed by atoms with Crippen LogP contribution in [0.3, 0.4) is 0 Å². The number of nitriles is 1. The van der Waals surface area contributed by atoms with Gasteiger partial charge in [0, 0.05) is 30.4 Å². The summed E-state index contributed by atoms with van der Waals surface area (Å²) in [5, 5.41) is 15.3. The van der Waals surface area contributed by atoms with Crippen molar-refractivity contribution in [1.29, 1.82) is 5.26 Å². The number of hydrogen-bond donors (Lipinski definition) is 1. The Morgan fingerprint density at radius 3 is 2.50 bits per heavy atom. The predicted molar refractivity (Wildman–Crippen MR) is 153 cm³/mol. The second-order valence-corrected chi connectivity index (χ2v) is 11.4. The van der Waals surface area contributed by atoms with E-state index in [0.29, 0.717) is 40.8 Å². The van der Waals surface area contributed by atoms with E-state index < -0.39 is 10.0 Å². The van der Waals surface area contributed by atoms with E-state index in [0.717, 1.165) is 18.5 Å². The SMILES string of the molecule is N#C/C(=C\c1cn(-c2ccccc2)nc1-c1cccc(S(=O)(=O)N2CCCC2)c1)c1nc2ccccc2c(=O)[nH]1. The number of H-pyrrole nitrogens is 1. The zero-order valence-corrected chi connectivity index (χ0v) is 22.2. The van der Waals surface area contributed by atoms with Gasteiger partial charge in [-0.1, -0.05) is 42.5 Å². The molecule has 3 aromatic carbocycles. The lowest BCUT2D eigenvalue weighted by atomic mass is 10.1. The Balaban J connectivity index is 1.50. The van der Waals surface area contributed by atoms with Gasteiger partial charge in [0.05, 0.1) is 27.1 Å². The van der Waals surface area contributed by atoms with Gasteiger partial charge in [-0.15, -0.1) is 0 Å². The first kappa shape index (κ1) is 25.4. The number of sulfonamides is 1. The Hall–Kier alpha value is -4.85. The van der Waals surface area contributed by atoms with Gasteiger partial charge >= 0.3 is 0 Å². The standard InChI is InChI=1S/C30H24N6O3S/c31-19-22(29-32-27-14-5-4-13-26(27)30(37)33-29)17-23-20-36(24-10-2-1-3-11-24)34-28(23)21-9-8-12-25(18-21)40(38,39)35-15-6-7-16-35/h1-5,8-14,17-18,20H,6-7,15-16H2,(H,32,33,37)/b22-17+. The fourth-order valence-electron chi connectivity index (χ4n) is 4.83. The molecule has 0 aliphatic carbocycles. The lowest BCUT2D eigenvalue weighted by Gasteiger charge is -2.16. The van der Waals surface area contributed by atoms with Gasteiger partial charge in [0.15, 0.2) is 5.82 Å². The number of para-hydroxylation sites is 2. The molecule has 0 atom stereocenters. The maximum atomic E-state index is 13.3. The van der Waals surface area contributed by atoms with Crippen molar-refractivity contribution < 1.29 is 8.42 Å². The third-order valence-electron chi connectivity index (χ3n) is 6.86. The van der Waals surface area contributed by atoms with Crippen LogP contribution in [0, 0.1) is 11.3 Å². The summed E-state index contributed by atoms with van der Waals surface area (Å²) >= 11 is 0. The largest absolute Gasteiger partial charge is 0.305 e. The quantitative estimate of drug-likeness (QED) is 0.309. The first-order valence-corrected chi connectivity index (χ1v) is 14.2. The van der Waals surface area contributed by atoms with Crippen molar-refractivity contribution in [1.82, 2.24) is 24.1 Å². The molecule has 1 saturated heterocycles. The van der Waals surface area contributed by atoms with E-state index in [2.05, 4.69) is 16.0 Å². The zero-order chi connectivity index (χ0) is 27.7. The van der Waals surface area contributed by atoms with Crippen molar-refractivity contribution in [3.8, 4) is 23.0 Å². The van der Waals surface area contributed by atoms with Gasteiger partial charge in [-0.25, -0.2) is 18.1 Å². The molecule has 0 spiro atoms. The molecule has 0 radical (unpaired) electrons. The Morgan fingerprint density at radius 2 is 1.73 bits per heavy atom. The summed E-state index contributed by atoms with van der Waals surface area (Å²) < 4.78 is 29.7. The van der Waals surface area contributed by atoms with Crippen molar-refractivity contribution in [2.24, 2.45) is 0 Å². The highest BCUT2D eigenvalue weighted by molar-refractivity contribution is 7.89. The molecule has 3 heterocycles. The predicted octanol–water partition coefficient (Wildman–Crippen LogP) is 4.62. The van der Waals surface area contributed by atoms with Crippen molar-refractivity contribution in [3.05, 3.63) is 107 Å². The molecule has 9 nitrogen and oxygen atoms in total. The lowest BCUT2D eigenvalue weighted by molar-refractivity contribution is 0.477. The van der Waals surface area contributed by atoms with Crippen LogP contribution in [-0.2, 0) is 10.0 Å². The Morgan fingerprint density at radius 1 is 0.975 bits per heavy atom. The van der Waals surface area contributed by atoms with Gasteiger partial charge in [0.25, 0.3) is 5.56 Å². The normalized spacial score (nSPS) is 14.4. The fourth-order valence-corrected chi connectivity index (χ4v) is 6.40. The van der Waals surface area contributed by atoms with E-state index in [1.54, 1.807) is 65.5 Å². The highest BCUT2D eigenvalue weighted by Gasteiger charge is 2.27. The molecule has 1 fully saturated rings. The average molecular weight is 549 g/mol. The van der Waals surface area contributed by atoms with Crippen LogP contribution in [0.1, 0.15) is 24.2 Å². The summed E-state index contributed by atoms with van der Waals surface area (Å²) in [5.74, 6) is 0.134. The minimum Gasteiger partial charge on any atom is -0.305 e. The summed E-state index contributed by atoms with van der Waals surface area (Å²) in [4.78, 5) is 20.1. The number of fused-ring (bicyclic) bond motifs is 1. The molecule has 0 saturated carbocycles. The highest BCUT2D eigenvalue weighted by atomic mass is 32.2. The van der Waals surface area contributed by atoms with Gasteiger partial charge in [-0.3, -0.25) is 4.79 Å². The third kappa shape index (κ3) is 4.73. The molecule has 10 heteroatoms. The zero-order valence-electron chi connectivity index (χ0n) is 21.4. The van der Waals surface area contributed by atoms with Crippen molar-refractivity contribution >= 4 is 32.6 Å². The Bertz CT molecular complexity index is 1960. The van der Waals surface area contributed by atoms with Crippen LogP contribution in [0.15, 0.2) is 94.7 Å². The van der Waals surface area contributed by atoms with E-state index in [1.807, 2.05) is 30.3 Å². The average Bonchev–Trinajstić information content (AvgIpc) is 3.68. The second-order valence-electron chi connectivity index (χ2n) is 9.45. The van der Waals surface area contributed by atoms with E-state index in [1.165, 1.54) is 4.31 Å². The van der Waals surface area contributed by atoms with Crippen LogP contribution < -0.4 is 5.56 Å². The smallest absolute Gasteiger partial charge is 0.259 e. The molecule has 1 N–H and O–H groups in total. The van der Waals surface area contributed by atoms with E-state index in [4.69, 9.17) is 5.10 Å². The number of allylic oxidation sites excluding steroid dienone is 1. The Kier molecular flexibility index (Phi) is 6.59. The summed E-state index contributed by atoms with van der Waals surface area (Å²) in [6.07, 6.45) is 5.06. The van der Waals surface area contributed by atoms with Crippen LogP contribution in [0.25, 0.3) is 39.5 Å². The maximum Gasteiger partial charge on any atom is 0.259 e. The number of aromatic amines is 1. The first-order valence-electron chi connectivity index (χ1n) is 12.8. The number of rotatable bonds is 6. The molecule has 6 rings (SSSR count). The summed E-state index contributed by atoms with van der Waals surface area (Å²) in [5.41, 5.74) is 2.69. The molecule has 0 unspecified atom stereocenters. The van der Waals surface area contributed by atoms with Crippen LogP contribution in [-0.4, -0.2) is 45.6 Å². The van der Waals surface area contributed by atoms with Crippen molar-refractivity contribution in [3.63, 3.8) is 0 Å². The number of hydrogen-bond acceptors (Lipinski definition) is 6. The minimum absolute atomic E-state index is 0.134. The summed E-state index contributed by atoms with van der Waals surface area (Å²) in [7, 11) is -3.64. The summed E-state index contributed by atoms with van der Waals surface area (Å²) in [6, 6.07) is 25.2. The third-order valence-corrected chi connectivity index (χ3v) is 8.76. The van der Waals surface area contributed by atoms with Gasteiger partial charge < -0.3 is 4.98 Å². The van der Waals surface area contributed by atoms with Gasteiger partial charge in [0.1, 0.15) is 11.8 Å². The molecule has 2 aromatic heterocycles. The van der Waals surface area contributed by atoms with E-state index in [-0.39, 0.29) is 21.9 Å². The summed E-state index contributed by atoms with van der Waals surface area (Å²) in [6.45, 7) is 1.01. The van der Waals surface area contributed by atoms with Gasteiger partial charge in [-0.05, 0) is 55.3 Å². The molecular formula is C30H24N6O3S. The molecular weight excluding hydrogens is 524 g/mol. The topological polar surface area (TPSA) is 125 Å². The molecule has 198 valence electrons. The molecule has 0 amide bonds. The second kappa shape index (κ2) is 10.4. The fraction of sp³-hybridized carbons (Fsp3) is 0.133. The van der Waals surface area contributed by atoms with Crippen LogP contribution in [0.2, 0.25) is 0 Å². The van der Waals surface area contributed by atoms with E-state index >= 15 is 0 Å². The highest BCUT2D eigenvalue weighted by Crippen LogP contribution is 2.30.